The van der Waals surface area contributed by atoms with Gasteiger partial charge in [0.1, 0.15) is 0 Å². The summed E-state index contributed by atoms with van der Waals surface area (Å²) in [5.41, 5.74) is 0.657. The molecular formula is C21H29BrO4S. The SMILES string of the molecule is CC(=O)S[C@H]1CC[C@@]2(C)C(=CC(O)C3C4C[C@@H](Br)C(=O)[C@@]4(CO)CCC32)C1. The molecule has 3 fully saturated rings. The van der Waals surface area contributed by atoms with Crippen molar-refractivity contribution in [1.29, 1.82) is 0 Å². The first kappa shape index (κ1) is 20.1. The number of fused-ring (bicyclic) bond motifs is 5. The summed E-state index contributed by atoms with van der Waals surface area (Å²) in [6.45, 7) is 3.84. The molecule has 4 unspecified atom stereocenters. The lowest BCUT2D eigenvalue weighted by Crippen LogP contribution is -2.56. The van der Waals surface area contributed by atoms with E-state index in [4.69, 9.17) is 0 Å². The normalized spacial score (nSPS) is 49.1. The number of hydrogen-bond acceptors (Lipinski definition) is 5. The molecule has 0 aliphatic heterocycles. The maximum Gasteiger partial charge on any atom is 0.186 e. The van der Waals surface area contributed by atoms with E-state index in [0.717, 1.165) is 32.1 Å². The first-order chi connectivity index (χ1) is 12.7. The van der Waals surface area contributed by atoms with Gasteiger partial charge in [-0.1, -0.05) is 46.3 Å². The molecule has 0 saturated heterocycles. The number of carbonyl (C=O) groups excluding carboxylic acids is 2. The molecule has 0 radical (unpaired) electrons. The van der Waals surface area contributed by atoms with Crippen LogP contribution in [0.2, 0.25) is 0 Å². The number of thioether (sulfide) groups is 1. The second-order valence-corrected chi connectivity index (χ2v) is 11.9. The molecule has 4 rings (SSSR count). The van der Waals surface area contributed by atoms with Crippen LogP contribution < -0.4 is 0 Å². The zero-order valence-electron chi connectivity index (χ0n) is 16.0. The van der Waals surface area contributed by atoms with Gasteiger partial charge in [-0.2, -0.15) is 0 Å². The van der Waals surface area contributed by atoms with E-state index in [2.05, 4.69) is 22.9 Å². The quantitative estimate of drug-likeness (QED) is 0.491. The molecule has 0 aromatic rings. The van der Waals surface area contributed by atoms with Gasteiger partial charge in [-0.3, -0.25) is 9.59 Å². The predicted octanol–water partition coefficient (Wildman–Crippen LogP) is 3.48. The standard InChI is InChI=1S/C21H29BrO4S/c1-11(24)27-13-3-5-20(2)12(7-13)8-17(25)18-14(20)4-6-21(10-23)15(18)9-16(22)19(21)26/h8,13-18,23,25H,3-7,9-10H2,1-2H3/t13-,14?,15?,16+,17?,18?,20-,21+/m0/s1. The molecule has 0 heterocycles. The Morgan fingerprint density at radius 3 is 2.74 bits per heavy atom. The lowest BCUT2D eigenvalue weighted by molar-refractivity contribution is -0.142. The minimum Gasteiger partial charge on any atom is -0.395 e. The van der Waals surface area contributed by atoms with E-state index < -0.39 is 11.5 Å². The Kier molecular flexibility index (Phi) is 5.19. The number of halogens is 1. The van der Waals surface area contributed by atoms with Gasteiger partial charge in [-0.05, 0) is 61.7 Å². The second kappa shape index (κ2) is 6.96. The summed E-state index contributed by atoms with van der Waals surface area (Å²) in [5.74, 6) is 0.531. The fourth-order valence-corrected chi connectivity index (χ4v) is 8.63. The Bertz CT molecular complexity index is 694. The summed E-state index contributed by atoms with van der Waals surface area (Å²) in [5, 5.41) is 21.7. The van der Waals surface area contributed by atoms with Crippen LogP contribution >= 0.6 is 27.7 Å². The van der Waals surface area contributed by atoms with Gasteiger partial charge in [0.2, 0.25) is 0 Å². The van der Waals surface area contributed by atoms with Crippen LogP contribution in [0.1, 0.15) is 52.4 Å². The Labute approximate surface area is 173 Å². The number of ketones is 1. The van der Waals surface area contributed by atoms with E-state index in [0.29, 0.717) is 17.6 Å². The summed E-state index contributed by atoms with van der Waals surface area (Å²) in [6, 6.07) is 0. The van der Waals surface area contributed by atoms with Crippen molar-refractivity contribution in [2.45, 2.75) is 68.6 Å². The number of aliphatic hydroxyl groups is 2. The van der Waals surface area contributed by atoms with Crippen molar-refractivity contribution in [2.24, 2.45) is 28.6 Å². The van der Waals surface area contributed by atoms with Crippen LogP contribution in [0.3, 0.4) is 0 Å². The van der Waals surface area contributed by atoms with Crippen molar-refractivity contribution in [3.05, 3.63) is 11.6 Å². The van der Waals surface area contributed by atoms with Gasteiger partial charge in [0, 0.05) is 12.2 Å². The van der Waals surface area contributed by atoms with Crippen molar-refractivity contribution >= 4 is 38.6 Å². The predicted molar refractivity (Wildman–Crippen MR) is 110 cm³/mol. The van der Waals surface area contributed by atoms with Crippen LogP contribution in [-0.2, 0) is 9.59 Å². The molecule has 0 aromatic heterocycles. The zero-order chi connectivity index (χ0) is 19.6. The highest BCUT2D eigenvalue weighted by atomic mass is 79.9. The minimum atomic E-state index is -0.681. The fraction of sp³-hybridized carbons (Fsp3) is 0.810. The van der Waals surface area contributed by atoms with Crippen LogP contribution in [0, 0.1) is 28.6 Å². The Balaban J connectivity index is 1.67. The second-order valence-electron chi connectivity index (χ2n) is 9.28. The monoisotopic (exact) mass is 456 g/mol. The zero-order valence-corrected chi connectivity index (χ0v) is 18.4. The third-order valence-electron chi connectivity index (χ3n) is 8.14. The van der Waals surface area contributed by atoms with Gasteiger partial charge in [-0.25, -0.2) is 0 Å². The van der Waals surface area contributed by atoms with Crippen LogP contribution in [0.5, 0.6) is 0 Å². The van der Waals surface area contributed by atoms with Gasteiger partial charge in [-0.15, -0.1) is 0 Å². The van der Waals surface area contributed by atoms with Crippen molar-refractivity contribution in [3.63, 3.8) is 0 Å². The molecule has 0 amide bonds. The molecule has 27 heavy (non-hydrogen) atoms. The number of hydrogen-bond donors (Lipinski definition) is 2. The maximum atomic E-state index is 12.8. The van der Waals surface area contributed by atoms with Gasteiger partial charge < -0.3 is 10.2 Å². The van der Waals surface area contributed by atoms with Gasteiger partial charge in [0.05, 0.1) is 23.0 Å². The summed E-state index contributed by atoms with van der Waals surface area (Å²) in [6.07, 6.45) is 6.69. The molecule has 4 aliphatic rings. The molecular weight excluding hydrogens is 428 g/mol. The molecule has 150 valence electrons. The van der Waals surface area contributed by atoms with Gasteiger partial charge in [0.25, 0.3) is 0 Å². The average molecular weight is 457 g/mol. The first-order valence-electron chi connectivity index (χ1n) is 10.1. The highest BCUT2D eigenvalue weighted by Crippen LogP contribution is 2.65. The van der Waals surface area contributed by atoms with E-state index in [9.17, 15) is 19.8 Å². The topological polar surface area (TPSA) is 74.6 Å². The Morgan fingerprint density at radius 1 is 1.33 bits per heavy atom. The lowest BCUT2D eigenvalue weighted by atomic mass is 9.47. The van der Waals surface area contributed by atoms with Crippen LogP contribution in [0.4, 0.5) is 0 Å². The number of rotatable bonds is 2. The number of Topliss-reactive ketones (excluding diaryl/α,β-unsaturated/α-hetero) is 1. The molecule has 2 N–H and O–H groups in total. The summed E-state index contributed by atoms with van der Waals surface area (Å²) in [7, 11) is 0. The van der Waals surface area contributed by atoms with Crippen molar-refractivity contribution in [3.8, 4) is 0 Å². The molecule has 0 spiro atoms. The number of aliphatic hydroxyl groups excluding tert-OH is 2. The van der Waals surface area contributed by atoms with E-state index in [1.165, 1.54) is 17.3 Å². The van der Waals surface area contributed by atoms with E-state index in [-0.39, 0.29) is 39.6 Å². The molecule has 8 atom stereocenters. The van der Waals surface area contributed by atoms with Crippen molar-refractivity contribution in [1.82, 2.24) is 0 Å². The minimum absolute atomic E-state index is 0.0307. The lowest BCUT2D eigenvalue weighted by Gasteiger charge is -2.58. The van der Waals surface area contributed by atoms with Gasteiger partial charge in [0.15, 0.2) is 10.9 Å². The maximum absolute atomic E-state index is 12.8. The Morgan fingerprint density at radius 2 is 2.07 bits per heavy atom. The molecule has 4 nitrogen and oxygen atoms in total. The number of allylic oxidation sites excluding steroid dienone is 1. The van der Waals surface area contributed by atoms with Crippen molar-refractivity contribution in [2.75, 3.05) is 6.61 Å². The molecule has 0 aromatic carbocycles. The third-order valence-corrected chi connectivity index (χ3v) is 10.0. The third kappa shape index (κ3) is 2.92. The molecule has 3 saturated carbocycles. The Hall–Kier alpha value is -0.170. The van der Waals surface area contributed by atoms with Crippen LogP contribution in [0.25, 0.3) is 0 Å². The van der Waals surface area contributed by atoms with E-state index in [1.54, 1.807) is 6.92 Å². The molecule has 4 aliphatic carbocycles. The fourth-order valence-electron chi connectivity index (χ4n) is 6.80. The average Bonchev–Trinajstić information content (AvgIpc) is 2.87. The van der Waals surface area contributed by atoms with E-state index >= 15 is 0 Å². The highest BCUT2D eigenvalue weighted by Gasteiger charge is 2.64. The molecule has 6 heteroatoms. The van der Waals surface area contributed by atoms with Crippen LogP contribution in [-0.4, -0.2) is 43.9 Å². The first-order valence-corrected chi connectivity index (χ1v) is 11.9. The summed E-state index contributed by atoms with van der Waals surface area (Å²) >= 11 is 4.96. The largest absolute Gasteiger partial charge is 0.395 e. The van der Waals surface area contributed by atoms with Crippen LogP contribution in [0.15, 0.2) is 11.6 Å². The molecule has 0 bridgehead atoms. The van der Waals surface area contributed by atoms with E-state index in [1.807, 2.05) is 6.08 Å². The van der Waals surface area contributed by atoms with Gasteiger partial charge >= 0.3 is 0 Å². The van der Waals surface area contributed by atoms with Crippen molar-refractivity contribution < 1.29 is 19.8 Å². The highest BCUT2D eigenvalue weighted by molar-refractivity contribution is 9.10. The smallest absolute Gasteiger partial charge is 0.186 e. The number of carbonyl (C=O) groups is 2. The number of alkyl halides is 1. The summed E-state index contributed by atoms with van der Waals surface area (Å²) < 4.78 is 0. The summed E-state index contributed by atoms with van der Waals surface area (Å²) in [4.78, 5) is 24.2.